The molecule has 1 aromatic carbocycles. The quantitative estimate of drug-likeness (QED) is 0.342. The van der Waals surface area contributed by atoms with Crippen molar-refractivity contribution < 1.29 is 22.7 Å². The minimum atomic E-state index is -4.44. The van der Waals surface area contributed by atoms with Crippen molar-refractivity contribution in [1.29, 1.82) is 0 Å². The van der Waals surface area contributed by atoms with Crippen LogP contribution in [0.25, 0.3) is 15.9 Å². The first-order chi connectivity index (χ1) is 15.7. The standard InChI is InChI=1S/C24H20F3N3O2S/c1-13-9-18(14(2)30(13)16-6-3-5-15(10-16)24(25,26)27)19(31)11-32-22-21-17-7-4-8-20(17)33-23(21)29-12-28-22/h3,5-6,9-10,12H,4,7-8,11H2,1-2H3. The second-order valence-corrected chi connectivity index (χ2v) is 9.18. The van der Waals surface area contributed by atoms with Crippen LogP contribution in [-0.2, 0) is 19.0 Å². The molecule has 5 nitrogen and oxygen atoms in total. The predicted molar refractivity (Wildman–Crippen MR) is 120 cm³/mol. The number of hydrogen-bond donors (Lipinski definition) is 0. The average molecular weight is 472 g/mol. The summed E-state index contributed by atoms with van der Waals surface area (Å²) in [5.74, 6) is 0.138. The van der Waals surface area contributed by atoms with Crippen LogP contribution in [0.3, 0.4) is 0 Å². The van der Waals surface area contributed by atoms with Crippen LogP contribution in [-0.4, -0.2) is 26.9 Å². The maximum Gasteiger partial charge on any atom is 0.416 e. The number of Topliss-reactive ketones (excluding diaryl/α,β-unsaturated/α-hetero) is 1. The third-order valence-electron chi connectivity index (χ3n) is 5.97. The molecule has 170 valence electrons. The molecular formula is C24H20F3N3O2S. The van der Waals surface area contributed by atoms with E-state index in [0.29, 0.717) is 28.5 Å². The van der Waals surface area contributed by atoms with Crippen molar-refractivity contribution in [3.8, 4) is 11.6 Å². The molecule has 1 aliphatic carbocycles. The lowest BCUT2D eigenvalue weighted by Crippen LogP contribution is -2.14. The lowest BCUT2D eigenvalue weighted by atomic mass is 10.1. The zero-order valence-corrected chi connectivity index (χ0v) is 18.8. The number of ether oxygens (including phenoxy) is 1. The fourth-order valence-corrected chi connectivity index (χ4v) is 5.70. The number of hydrogen-bond acceptors (Lipinski definition) is 5. The van der Waals surface area contributed by atoms with E-state index in [9.17, 15) is 18.0 Å². The molecule has 0 bridgehead atoms. The molecule has 0 unspecified atom stereocenters. The molecule has 0 radical (unpaired) electrons. The van der Waals surface area contributed by atoms with Gasteiger partial charge in [0.15, 0.2) is 6.61 Å². The third kappa shape index (κ3) is 3.80. The van der Waals surface area contributed by atoms with E-state index in [-0.39, 0.29) is 12.4 Å². The molecule has 3 aromatic heterocycles. The number of thiophene rings is 1. The summed E-state index contributed by atoms with van der Waals surface area (Å²) in [4.78, 5) is 23.8. The number of alkyl halides is 3. The number of ketones is 1. The van der Waals surface area contributed by atoms with Gasteiger partial charge in [0.1, 0.15) is 11.2 Å². The number of benzene rings is 1. The molecule has 0 atom stereocenters. The highest BCUT2D eigenvalue weighted by Crippen LogP contribution is 2.40. The van der Waals surface area contributed by atoms with Crippen molar-refractivity contribution in [3.05, 3.63) is 69.6 Å². The molecule has 1 aliphatic rings. The number of aromatic nitrogens is 3. The number of halogens is 3. The van der Waals surface area contributed by atoms with Crippen LogP contribution in [0, 0.1) is 13.8 Å². The molecule has 0 N–H and O–H groups in total. The Labute approximate surface area is 191 Å². The second kappa shape index (κ2) is 7.98. The van der Waals surface area contributed by atoms with Crippen molar-refractivity contribution in [2.45, 2.75) is 39.3 Å². The van der Waals surface area contributed by atoms with Crippen molar-refractivity contribution >= 4 is 27.3 Å². The van der Waals surface area contributed by atoms with E-state index in [4.69, 9.17) is 4.74 Å². The summed E-state index contributed by atoms with van der Waals surface area (Å²) in [7, 11) is 0. The Morgan fingerprint density at radius 2 is 2.00 bits per heavy atom. The SMILES string of the molecule is Cc1cc(C(=O)COc2ncnc3sc4c(c23)CCC4)c(C)n1-c1cccc(C(F)(F)F)c1. The Morgan fingerprint density at radius 3 is 2.79 bits per heavy atom. The van der Waals surface area contributed by atoms with E-state index in [1.54, 1.807) is 41.9 Å². The van der Waals surface area contributed by atoms with E-state index in [0.717, 1.165) is 41.6 Å². The van der Waals surface area contributed by atoms with Gasteiger partial charge in [-0.1, -0.05) is 6.07 Å². The van der Waals surface area contributed by atoms with Gasteiger partial charge in [-0.15, -0.1) is 11.3 Å². The van der Waals surface area contributed by atoms with Gasteiger partial charge in [-0.3, -0.25) is 4.79 Å². The van der Waals surface area contributed by atoms with Gasteiger partial charge in [0.2, 0.25) is 11.7 Å². The molecule has 0 amide bonds. The monoisotopic (exact) mass is 471 g/mol. The van der Waals surface area contributed by atoms with Crippen LogP contribution in [0.5, 0.6) is 5.88 Å². The summed E-state index contributed by atoms with van der Waals surface area (Å²) in [5, 5.41) is 0.886. The Balaban J connectivity index is 1.42. The molecule has 0 fully saturated rings. The molecule has 3 heterocycles. The summed E-state index contributed by atoms with van der Waals surface area (Å²) in [6, 6.07) is 6.75. The van der Waals surface area contributed by atoms with Crippen molar-refractivity contribution in [2.24, 2.45) is 0 Å². The molecule has 9 heteroatoms. The third-order valence-corrected chi connectivity index (χ3v) is 7.17. The lowest BCUT2D eigenvalue weighted by Gasteiger charge is -2.13. The maximum atomic E-state index is 13.2. The summed E-state index contributed by atoms with van der Waals surface area (Å²) in [6.45, 7) is 3.26. The molecular weight excluding hydrogens is 451 g/mol. The minimum absolute atomic E-state index is 0.219. The smallest absolute Gasteiger partial charge is 0.416 e. The van der Waals surface area contributed by atoms with Gasteiger partial charge in [0.05, 0.1) is 10.9 Å². The highest BCUT2D eigenvalue weighted by Gasteiger charge is 2.31. The molecule has 0 saturated carbocycles. The fraction of sp³-hybridized carbons (Fsp3) is 0.292. The Bertz CT molecular complexity index is 1390. The first-order valence-electron chi connectivity index (χ1n) is 10.5. The summed E-state index contributed by atoms with van der Waals surface area (Å²) >= 11 is 1.64. The number of carbonyl (C=O) groups excluding carboxylic acids is 1. The molecule has 5 rings (SSSR count). The Kier molecular flexibility index (Phi) is 5.23. The Hall–Kier alpha value is -3.20. The molecule has 0 saturated heterocycles. The van der Waals surface area contributed by atoms with Gasteiger partial charge in [0.25, 0.3) is 0 Å². The molecule has 0 aliphatic heterocycles. The number of rotatable bonds is 5. The molecule has 4 aromatic rings. The van der Waals surface area contributed by atoms with Gasteiger partial charge in [-0.25, -0.2) is 9.97 Å². The average Bonchev–Trinajstić information content (AvgIpc) is 3.44. The topological polar surface area (TPSA) is 57.0 Å². The summed E-state index contributed by atoms with van der Waals surface area (Å²) in [6.07, 6.45) is 0.0583. The number of carbonyl (C=O) groups is 1. The maximum absolute atomic E-state index is 13.2. The van der Waals surface area contributed by atoms with Crippen molar-refractivity contribution in [3.63, 3.8) is 0 Å². The van der Waals surface area contributed by atoms with E-state index in [1.807, 2.05) is 0 Å². The van der Waals surface area contributed by atoms with E-state index in [2.05, 4.69) is 9.97 Å². The van der Waals surface area contributed by atoms with Gasteiger partial charge >= 0.3 is 6.18 Å². The predicted octanol–water partition coefficient (Wildman–Crippen LogP) is 5.87. The molecule has 0 spiro atoms. The van der Waals surface area contributed by atoms with Gasteiger partial charge in [-0.05, 0) is 62.9 Å². The van der Waals surface area contributed by atoms with E-state index < -0.39 is 11.7 Å². The zero-order chi connectivity index (χ0) is 23.3. The zero-order valence-electron chi connectivity index (χ0n) is 18.0. The highest BCUT2D eigenvalue weighted by atomic mass is 32.1. The highest BCUT2D eigenvalue weighted by molar-refractivity contribution is 7.18. The van der Waals surface area contributed by atoms with Crippen molar-refractivity contribution in [1.82, 2.24) is 14.5 Å². The lowest BCUT2D eigenvalue weighted by molar-refractivity contribution is -0.137. The van der Waals surface area contributed by atoms with Crippen LogP contribution in [0.2, 0.25) is 0 Å². The van der Waals surface area contributed by atoms with Crippen LogP contribution in [0.1, 0.15) is 44.2 Å². The first kappa shape index (κ1) is 21.6. The molecule has 33 heavy (non-hydrogen) atoms. The van der Waals surface area contributed by atoms with E-state index >= 15 is 0 Å². The first-order valence-corrected chi connectivity index (χ1v) is 11.3. The Morgan fingerprint density at radius 1 is 1.18 bits per heavy atom. The van der Waals surface area contributed by atoms with Gasteiger partial charge in [-0.2, -0.15) is 13.2 Å². The normalized spacial score (nSPS) is 13.5. The van der Waals surface area contributed by atoms with Crippen LogP contribution in [0.4, 0.5) is 13.2 Å². The number of fused-ring (bicyclic) bond motifs is 3. The minimum Gasteiger partial charge on any atom is -0.469 e. The van der Waals surface area contributed by atoms with Crippen LogP contribution >= 0.6 is 11.3 Å². The van der Waals surface area contributed by atoms with Crippen molar-refractivity contribution in [2.75, 3.05) is 6.61 Å². The fourth-order valence-electron chi connectivity index (χ4n) is 4.48. The second-order valence-electron chi connectivity index (χ2n) is 8.10. The van der Waals surface area contributed by atoms with Gasteiger partial charge in [0, 0.05) is 27.5 Å². The summed E-state index contributed by atoms with van der Waals surface area (Å²) < 4.78 is 47.0. The van der Waals surface area contributed by atoms with E-state index in [1.165, 1.54) is 22.8 Å². The largest absolute Gasteiger partial charge is 0.469 e. The van der Waals surface area contributed by atoms with Crippen LogP contribution in [0.15, 0.2) is 36.7 Å². The summed E-state index contributed by atoms with van der Waals surface area (Å²) in [5.41, 5.74) is 2.46. The number of nitrogens with zero attached hydrogens (tertiary/aromatic N) is 3. The van der Waals surface area contributed by atoms with Crippen LogP contribution < -0.4 is 4.74 Å². The van der Waals surface area contributed by atoms with Gasteiger partial charge < -0.3 is 9.30 Å². The number of aryl methyl sites for hydroxylation is 3.